The fourth-order valence-electron chi connectivity index (χ4n) is 3.47. The van der Waals surface area contributed by atoms with Gasteiger partial charge in [-0.05, 0) is 23.6 Å². The van der Waals surface area contributed by atoms with Gasteiger partial charge in [0.2, 0.25) is 0 Å². The Morgan fingerprint density at radius 3 is 2.62 bits per heavy atom. The lowest BCUT2D eigenvalue weighted by molar-refractivity contribution is -0.0992. The molecule has 1 aliphatic rings. The van der Waals surface area contributed by atoms with Crippen LogP contribution in [-0.4, -0.2) is 50.8 Å². The second-order valence-corrected chi connectivity index (χ2v) is 6.79. The number of amides is 1. The highest BCUT2D eigenvalue weighted by atomic mass is 19.3. The molecule has 1 saturated heterocycles. The van der Waals surface area contributed by atoms with Gasteiger partial charge in [0.1, 0.15) is 5.82 Å². The van der Waals surface area contributed by atoms with Crippen LogP contribution in [0.5, 0.6) is 0 Å². The molecule has 2 aromatic rings. The summed E-state index contributed by atoms with van der Waals surface area (Å²) in [5.41, 5.74) is 0.985. The van der Waals surface area contributed by atoms with Crippen LogP contribution in [-0.2, 0) is 7.05 Å². The van der Waals surface area contributed by atoms with E-state index in [0.717, 1.165) is 4.90 Å². The first kappa shape index (κ1) is 18.4. The van der Waals surface area contributed by atoms with Crippen LogP contribution in [0.15, 0.2) is 30.5 Å². The van der Waals surface area contributed by atoms with Gasteiger partial charge in [-0.15, -0.1) is 0 Å². The molecular weight excluding hydrogens is 347 g/mol. The summed E-state index contributed by atoms with van der Waals surface area (Å²) in [6.07, 6.45) is 1.20. The molecule has 0 radical (unpaired) electrons. The molecule has 1 aromatic heterocycles. The van der Waals surface area contributed by atoms with Crippen molar-refractivity contribution in [2.24, 2.45) is 13.0 Å². The number of aliphatic hydroxyl groups excluding tert-OH is 1. The standard InChI is InChI=1S/C18H20F3N3O2/c1-11-7-18(20,21)10-24(15(11)9-25)17(26)16-14(8-23(2)22-16)12-3-5-13(19)6-4-12/h3-6,8,11,15,25H,7,9-10H2,1-2H3/t11-,15?/m1/s1. The monoisotopic (exact) mass is 367 g/mol. The highest BCUT2D eigenvalue weighted by Gasteiger charge is 2.46. The van der Waals surface area contributed by atoms with Crippen molar-refractivity contribution in [2.75, 3.05) is 13.2 Å². The van der Waals surface area contributed by atoms with Crippen molar-refractivity contribution in [3.8, 4) is 11.1 Å². The normalized spacial score (nSPS) is 22.5. The molecule has 1 aliphatic heterocycles. The first-order valence-electron chi connectivity index (χ1n) is 8.31. The summed E-state index contributed by atoms with van der Waals surface area (Å²) in [5.74, 6) is -4.66. The van der Waals surface area contributed by atoms with Gasteiger partial charge in [-0.3, -0.25) is 9.48 Å². The number of benzene rings is 1. The molecule has 0 spiro atoms. The van der Waals surface area contributed by atoms with Crippen molar-refractivity contribution >= 4 is 5.91 Å². The van der Waals surface area contributed by atoms with Crippen LogP contribution in [0.4, 0.5) is 13.2 Å². The van der Waals surface area contributed by atoms with Gasteiger partial charge in [0.15, 0.2) is 5.69 Å². The summed E-state index contributed by atoms with van der Waals surface area (Å²) in [6.45, 7) is 0.427. The number of carbonyl (C=O) groups excluding carboxylic acids is 1. The Balaban J connectivity index is 2.00. The SMILES string of the molecule is C[C@@H]1CC(F)(F)CN(C(=O)c2nn(C)cc2-c2ccc(F)cc2)C1CO. The lowest BCUT2D eigenvalue weighted by Gasteiger charge is -2.42. The Morgan fingerprint density at radius 1 is 1.35 bits per heavy atom. The van der Waals surface area contributed by atoms with Gasteiger partial charge in [-0.25, -0.2) is 13.2 Å². The Morgan fingerprint density at radius 2 is 2.00 bits per heavy atom. The molecule has 0 saturated carbocycles. The Bertz CT molecular complexity index is 805. The molecule has 2 heterocycles. The molecule has 5 nitrogen and oxygen atoms in total. The number of hydrogen-bond acceptors (Lipinski definition) is 3. The number of aromatic nitrogens is 2. The van der Waals surface area contributed by atoms with E-state index in [2.05, 4.69) is 5.10 Å². The van der Waals surface area contributed by atoms with Gasteiger partial charge in [0.05, 0.1) is 19.2 Å². The average molecular weight is 367 g/mol. The summed E-state index contributed by atoms with van der Waals surface area (Å²) in [4.78, 5) is 14.0. The van der Waals surface area contributed by atoms with Gasteiger partial charge in [0, 0.05) is 25.2 Å². The van der Waals surface area contributed by atoms with Crippen LogP contribution in [0, 0.1) is 11.7 Å². The van der Waals surface area contributed by atoms with Crippen LogP contribution in [0.1, 0.15) is 23.8 Å². The zero-order valence-electron chi connectivity index (χ0n) is 14.5. The van der Waals surface area contributed by atoms with E-state index in [1.807, 2.05) is 0 Å². The van der Waals surface area contributed by atoms with E-state index in [9.17, 15) is 23.1 Å². The molecule has 1 amide bonds. The Labute approximate surface area is 149 Å². The number of halogens is 3. The molecule has 140 valence electrons. The molecule has 1 fully saturated rings. The minimum atomic E-state index is -3.02. The molecule has 0 aliphatic carbocycles. The average Bonchev–Trinajstić information content (AvgIpc) is 2.95. The number of piperidine rings is 1. The summed E-state index contributed by atoms with van der Waals surface area (Å²) in [5, 5.41) is 13.7. The fraction of sp³-hybridized carbons (Fsp3) is 0.444. The van der Waals surface area contributed by atoms with Gasteiger partial charge in [-0.2, -0.15) is 5.10 Å². The third kappa shape index (κ3) is 3.46. The smallest absolute Gasteiger partial charge is 0.275 e. The highest BCUT2D eigenvalue weighted by molar-refractivity contribution is 5.99. The summed E-state index contributed by atoms with van der Waals surface area (Å²) < 4.78 is 42.6. The zero-order chi connectivity index (χ0) is 19.1. The van der Waals surface area contributed by atoms with Crippen molar-refractivity contribution in [3.05, 3.63) is 42.0 Å². The number of alkyl halides is 2. The van der Waals surface area contributed by atoms with Crippen molar-refractivity contribution in [1.29, 1.82) is 0 Å². The van der Waals surface area contributed by atoms with Crippen molar-refractivity contribution in [3.63, 3.8) is 0 Å². The maximum Gasteiger partial charge on any atom is 0.275 e. The van der Waals surface area contributed by atoms with Gasteiger partial charge in [-0.1, -0.05) is 19.1 Å². The third-order valence-corrected chi connectivity index (χ3v) is 4.71. The number of nitrogens with zero attached hydrogens (tertiary/aromatic N) is 3. The van der Waals surface area contributed by atoms with Gasteiger partial charge < -0.3 is 10.0 Å². The maximum absolute atomic E-state index is 14.0. The van der Waals surface area contributed by atoms with E-state index in [4.69, 9.17) is 0 Å². The van der Waals surface area contributed by atoms with E-state index < -0.39 is 42.8 Å². The number of aryl methyl sites for hydroxylation is 1. The molecule has 2 atom stereocenters. The number of likely N-dealkylation sites (tertiary alicyclic amines) is 1. The zero-order valence-corrected chi connectivity index (χ0v) is 14.5. The molecule has 8 heteroatoms. The third-order valence-electron chi connectivity index (χ3n) is 4.71. The summed E-state index contributed by atoms with van der Waals surface area (Å²) >= 11 is 0. The number of aliphatic hydroxyl groups is 1. The van der Waals surface area contributed by atoms with Crippen LogP contribution in [0.2, 0.25) is 0 Å². The predicted molar refractivity (Wildman–Crippen MR) is 89.2 cm³/mol. The second-order valence-electron chi connectivity index (χ2n) is 6.79. The largest absolute Gasteiger partial charge is 0.394 e. The van der Waals surface area contributed by atoms with Crippen molar-refractivity contribution in [1.82, 2.24) is 14.7 Å². The van der Waals surface area contributed by atoms with E-state index in [1.165, 1.54) is 28.9 Å². The molecular formula is C18H20F3N3O2. The quantitative estimate of drug-likeness (QED) is 0.908. The molecule has 1 unspecified atom stereocenters. The van der Waals surface area contributed by atoms with E-state index >= 15 is 0 Å². The van der Waals surface area contributed by atoms with Gasteiger partial charge in [0.25, 0.3) is 11.8 Å². The molecule has 0 bridgehead atoms. The first-order valence-corrected chi connectivity index (χ1v) is 8.31. The predicted octanol–water partition coefficient (Wildman–Crippen LogP) is 2.70. The Kier molecular flexibility index (Phi) is 4.79. The van der Waals surface area contributed by atoms with Crippen LogP contribution in [0.3, 0.4) is 0 Å². The lowest BCUT2D eigenvalue weighted by atomic mass is 9.88. The highest BCUT2D eigenvalue weighted by Crippen LogP contribution is 2.35. The summed E-state index contributed by atoms with van der Waals surface area (Å²) in [6, 6.07) is 4.81. The van der Waals surface area contributed by atoms with Crippen LogP contribution < -0.4 is 0 Å². The maximum atomic E-state index is 14.0. The van der Waals surface area contributed by atoms with Crippen LogP contribution >= 0.6 is 0 Å². The van der Waals surface area contributed by atoms with Crippen LogP contribution in [0.25, 0.3) is 11.1 Å². The molecule has 26 heavy (non-hydrogen) atoms. The second kappa shape index (κ2) is 6.75. The van der Waals surface area contributed by atoms with Gasteiger partial charge >= 0.3 is 0 Å². The summed E-state index contributed by atoms with van der Waals surface area (Å²) in [7, 11) is 1.61. The number of rotatable bonds is 3. The lowest BCUT2D eigenvalue weighted by Crippen LogP contribution is -2.56. The minimum Gasteiger partial charge on any atom is -0.394 e. The van der Waals surface area contributed by atoms with E-state index in [0.29, 0.717) is 11.1 Å². The number of carbonyl (C=O) groups is 1. The van der Waals surface area contributed by atoms with Crippen molar-refractivity contribution in [2.45, 2.75) is 25.3 Å². The van der Waals surface area contributed by atoms with E-state index in [1.54, 1.807) is 20.2 Å². The van der Waals surface area contributed by atoms with E-state index in [-0.39, 0.29) is 12.1 Å². The molecule has 3 rings (SSSR count). The molecule has 1 aromatic carbocycles. The fourth-order valence-corrected chi connectivity index (χ4v) is 3.47. The number of hydrogen-bond donors (Lipinski definition) is 1. The minimum absolute atomic E-state index is 0.00228. The Hall–Kier alpha value is -2.35. The first-order chi connectivity index (χ1) is 12.2. The molecule has 1 N–H and O–H groups in total. The topological polar surface area (TPSA) is 58.4 Å². The van der Waals surface area contributed by atoms with Crippen molar-refractivity contribution < 1.29 is 23.1 Å².